The van der Waals surface area contributed by atoms with Gasteiger partial charge in [-0.25, -0.2) is 0 Å². The molecule has 2 aliphatic rings. The van der Waals surface area contributed by atoms with Crippen molar-refractivity contribution in [3.63, 3.8) is 0 Å². The molecule has 1 unspecified atom stereocenters. The minimum Gasteiger partial charge on any atom is -0.313 e. The van der Waals surface area contributed by atoms with Gasteiger partial charge in [0.15, 0.2) is 0 Å². The summed E-state index contributed by atoms with van der Waals surface area (Å²) in [6.45, 7) is 4.80. The minimum atomic E-state index is 0.720. The molecular formula is C19H30N2. The van der Waals surface area contributed by atoms with E-state index in [0.29, 0.717) is 0 Å². The predicted octanol–water partition coefficient (Wildman–Crippen LogP) is 3.82. The van der Waals surface area contributed by atoms with E-state index in [9.17, 15) is 0 Å². The molecule has 1 saturated heterocycles. The van der Waals surface area contributed by atoms with Crippen molar-refractivity contribution in [3.8, 4) is 0 Å². The van der Waals surface area contributed by atoms with Gasteiger partial charge in [0.25, 0.3) is 0 Å². The monoisotopic (exact) mass is 286 g/mol. The van der Waals surface area contributed by atoms with Crippen molar-refractivity contribution in [2.24, 2.45) is 5.92 Å². The smallest absolute Gasteiger partial charge is 0.0234 e. The van der Waals surface area contributed by atoms with Gasteiger partial charge in [0, 0.05) is 25.7 Å². The first-order valence-corrected chi connectivity index (χ1v) is 8.90. The Balaban J connectivity index is 1.29. The number of hydrogen-bond donors (Lipinski definition) is 1. The summed E-state index contributed by atoms with van der Waals surface area (Å²) in [7, 11) is 0. The van der Waals surface area contributed by atoms with Gasteiger partial charge in [0.2, 0.25) is 0 Å². The average molecular weight is 286 g/mol. The molecule has 3 rings (SSSR count). The second-order valence-electron chi connectivity index (χ2n) is 6.95. The molecule has 1 atom stereocenters. The van der Waals surface area contributed by atoms with Gasteiger partial charge in [-0.2, -0.15) is 0 Å². The molecule has 1 N–H and O–H groups in total. The van der Waals surface area contributed by atoms with E-state index in [0.717, 1.165) is 18.5 Å². The molecule has 116 valence electrons. The summed E-state index contributed by atoms with van der Waals surface area (Å²) in [6, 6.07) is 11.6. The summed E-state index contributed by atoms with van der Waals surface area (Å²) in [5.74, 6) is 1.05. The van der Waals surface area contributed by atoms with E-state index < -0.39 is 0 Å². The highest BCUT2D eigenvalue weighted by Gasteiger charge is 2.22. The van der Waals surface area contributed by atoms with Crippen molar-refractivity contribution in [2.75, 3.05) is 19.6 Å². The fraction of sp³-hybridized carbons (Fsp3) is 0.684. The van der Waals surface area contributed by atoms with Crippen molar-refractivity contribution in [1.29, 1.82) is 0 Å². The zero-order chi connectivity index (χ0) is 14.3. The lowest BCUT2D eigenvalue weighted by molar-refractivity contribution is 0.319. The Bertz CT molecular complexity index is 397. The van der Waals surface area contributed by atoms with Crippen LogP contribution in [0.15, 0.2) is 30.3 Å². The largest absolute Gasteiger partial charge is 0.313 e. The van der Waals surface area contributed by atoms with Crippen LogP contribution in [0.2, 0.25) is 0 Å². The van der Waals surface area contributed by atoms with Crippen LogP contribution < -0.4 is 5.32 Å². The molecule has 2 heteroatoms. The van der Waals surface area contributed by atoms with Crippen molar-refractivity contribution >= 4 is 0 Å². The Morgan fingerprint density at radius 2 is 1.86 bits per heavy atom. The SMILES string of the molecule is c1ccc(CN2CCC(NCCCC3CCCC3)C2)cc1. The van der Waals surface area contributed by atoms with E-state index in [4.69, 9.17) is 0 Å². The Hall–Kier alpha value is -0.860. The number of nitrogens with zero attached hydrogens (tertiary/aromatic N) is 1. The molecule has 1 aromatic carbocycles. The molecule has 2 nitrogen and oxygen atoms in total. The topological polar surface area (TPSA) is 15.3 Å². The van der Waals surface area contributed by atoms with E-state index in [1.165, 1.54) is 70.1 Å². The molecule has 21 heavy (non-hydrogen) atoms. The van der Waals surface area contributed by atoms with E-state index >= 15 is 0 Å². The van der Waals surface area contributed by atoms with Crippen LogP contribution in [-0.4, -0.2) is 30.6 Å². The summed E-state index contributed by atoms with van der Waals surface area (Å²) >= 11 is 0. The van der Waals surface area contributed by atoms with Gasteiger partial charge in [0.1, 0.15) is 0 Å². The first kappa shape index (κ1) is 15.1. The molecule has 1 aliphatic heterocycles. The Labute approximate surface area is 129 Å². The first-order chi connectivity index (χ1) is 10.4. The number of rotatable bonds is 7. The summed E-state index contributed by atoms with van der Waals surface area (Å²) in [5.41, 5.74) is 1.44. The third-order valence-electron chi connectivity index (χ3n) is 5.22. The van der Waals surface area contributed by atoms with Crippen LogP contribution >= 0.6 is 0 Å². The first-order valence-electron chi connectivity index (χ1n) is 8.90. The second-order valence-corrected chi connectivity index (χ2v) is 6.95. The zero-order valence-corrected chi connectivity index (χ0v) is 13.3. The van der Waals surface area contributed by atoms with Gasteiger partial charge in [-0.05, 0) is 37.3 Å². The molecule has 1 saturated carbocycles. The maximum Gasteiger partial charge on any atom is 0.0234 e. The van der Waals surface area contributed by atoms with Gasteiger partial charge < -0.3 is 5.32 Å². The number of benzene rings is 1. The summed E-state index contributed by atoms with van der Waals surface area (Å²) < 4.78 is 0. The Morgan fingerprint density at radius 3 is 2.67 bits per heavy atom. The Kier molecular flexibility index (Phi) is 5.70. The Morgan fingerprint density at radius 1 is 1.05 bits per heavy atom. The molecule has 2 fully saturated rings. The van der Waals surface area contributed by atoms with E-state index in [1.807, 2.05) is 0 Å². The summed E-state index contributed by atoms with van der Waals surface area (Å²) in [6.07, 6.45) is 10.1. The molecule has 0 aromatic heterocycles. The van der Waals surface area contributed by atoms with Crippen molar-refractivity contribution in [2.45, 2.75) is 57.5 Å². The van der Waals surface area contributed by atoms with Crippen LogP contribution in [-0.2, 0) is 6.54 Å². The van der Waals surface area contributed by atoms with Gasteiger partial charge in [-0.15, -0.1) is 0 Å². The highest BCUT2D eigenvalue weighted by molar-refractivity contribution is 5.14. The third kappa shape index (κ3) is 4.82. The predicted molar refractivity (Wildman–Crippen MR) is 89.3 cm³/mol. The van der Waals surface area contributed by atoms with E-state index in [-0.39, 0.29) is 0 Å². The van der Waals surface area contributed by atoms with Crippen LogP contribution in [0.4, 0.5) is 0 Å². The lowest BCUT2D eigenvalue weighted by Gasteiger charge is -2.17. The lowest BCUT2D eigenvalue weighted by atomic mass is 10.0. The molecule has 0 spiro atoms. The van der Waals surface area contributed by atoms with Crippen LogP contribution in [0.25, 0.3) is 0 Å². The van der Waals surface area contributed by atoms with Crippen LogP contribution in [0, 0.1) is 5.92 Å². The fourth-order valence-corrected chi connectivity index (χ4v) is 3.98. The average Bonchev–Trinajstić information content (AvgIpc) is 3.17. The molecular weight excluding hydrogens is 256 g/mol. The van der Waals surface area contributed by atoms with E-state index in [2.05, 4.69) is 40.5 Å². The zero-order valence-electron chi connectivity index (χ0n) is 13.3. The second kappa shape index (κ2) is 7.95. The van der Waals surface area contributed by atoms with Gasteiger partial charge >= 0.3 is 0 Å². The molecule has 0 amide bonds. The maximum atomic E-state index is 3.78. The van der Waals surface area contributed by atoms with Crippen LogP contribution in [0.5, 0.6) is 0 Å². The number of likely N-dealkylation sites (tertiary alicyclic amines) is 1. The number of hydrogen-bond acceptors (Lipinski definition) is 2. The normalized spacial score (nSPS) is 23.9. The van der Waals surface area contributed by atoms with Crippen LogP contribution in [0.3, 0.4) is 0 Å². The molecule has 1 aromatic rings. The van der Waals surface area contributed by atoms with Gasteiger partial charge in [0.05, 0.1) is 0 Å². The molecule has 0 radical (unpaired) electrons. The van der Waals surface area contributed by atoms with Crippen molar-refractivity contribution < 1.29 is 0 Å². The molecule has 1 heterocycles. The quantitative estimate of drug-likeness (QED) is 0.767. The highest BCUT2D eigenvalue weighted by Crippen LogP contribution is 2.28. The minimum absolute atomic E-state index is 0.720. The van der Waals surface area contributed by atoms with Crippen molar-refractivity contribution in [3.05, 3.63) is 35.9 Å². The number of nitrogens with one attached hydrogen (secondary N) is 1. The third-order valence-corrected chi connectivity index (χ3v) is 5.22. The maximum absolute atomic E-state index is 3.78. The standard InChI is InChI=1S/C19H30N2/c1-2-9-18(10-3-1)15-21-14-12-19(16-21)20-13-6-11-17-7-4-5-8-17/h1-3,9-10,17,19-20H,4-8,11-16H2. The summed E-state index contributed by atoms with van der Waals surface area (Å²) in [4.78, 5) is 2.59. The fourth-order valence-electron chi connectivity index (χ4n) is 3.98. The van der Waals surface area contributed by atoms with Crippen LogP contribution in [0.1, 0.15) is 50.5 Å². The van der Waals surface area contributed by atoms with Crippen molar-refractivity contribution in [1.82, 2.24) is 10.2 Å². The van der Waals surface area contributed by atoms with Gasteiger partial charge in [-0.1, -0.05) is 56.0 Å². The summed E-state index contributed by atoms with van der Waals surface area (Å²) in [5, 5.41) is 3.78. The lowest BCUT2D eigenvalue weighted by Crippen LogP contribution is -2.33. The van der Waals surface area contributed by atoms with Gasteiger partial charge in [-0.3, -0.25) is 4.90 Å². The highest BCUT2D eigenvalue weighted by atomic mass is 15.2. The van der Waals surface area contributed by atoms with E-state index in [1.54, 1.807) is 0 Å². The molecule has 0 bridgehead atoms. The molecule has 1 aliphatic carbocycles.